The second-order valence-electron chi connectivity index (χ2n) is 7.68. The minimum absolute atomic E-state index is 0.202. The van der Waals surface area contributed by atoms with E-state index in [1.165, 1.54) is 5.56 Å². The molecule has 0 aliphatic rings. The van der Waals surface area contributed by atoms with Gasteiger partial charge in [0, 0.05) is 22.8 Å². The van der Waals surface area contributed by atoms with Gasteiger partial charge in [-0.2, -0.15) is 0 Å². The van der Waals surface area contributed by atoms with Gasteiger partial charge in [-0.15, -0.1) is 0 Å². The number of ether oxygens (including phenoxy) is 5. The Morgan fingerprint density at radius 1 is 0.676 bits per heavy atom. The molecule has 0 fully saturated rings. The van der Waals surface area contributed by atoms with Gasteiger partial charge < -0.3 is 23.7 Å². The van der Waals surface area contributed by atoms with Crippen molar-refractivity contribution in [2.75, 3.05) is 46.2 Å². The third-order valence-corrected chi connectivity index (χ3v) is 5.00. The van der Waals surface area contributed by atoms with E-state index in [4.69, 9.17) is 23.7 Å². The first kappa shape index (κ1) is 25.3. The first-order valence-corrected chi connectivity index (χ1v) is 11.4. The van der Waals surface area contributed by atoms with Crippen molar-refractivity contribution in [1.82, 2.24) is 0 Å². The zero-order valence-corrected chi connectivity index (χ0v) is 19.7. The van der Waals surface area contributed by atoms with Crippen LogP contribution in [0, 0.1) is 0 Å². The summed E-state index contributed by atoms with van der Waals surface area (Å²) in [7, 11) is 0. The Balaban J connectivity index is 1.37. The van der Waals surface area contributed by atoms with Gasteiger partial charge in [0.25, 0.3) is 0 Å². The highest BCUT2D eigenvalue weighted by Crippen LogP contribution is 2.33. The number of carbonyl (C=O) groups excluding carboxylic acids is 1. The number of fused-ring (bicyclic) bond motifs is 1. The van der Waals surface area contributed by atoms with Crippen LogP contribution in [-0.2, 0) is 25.4 Å². The molecule has 3 rings (SSSR count). The maximum absolute atomic E-state index is 11.2. The quantitative estimate of drug-likeness (QED) is 0.179. The first-order valence-electron chi connectivity index (χ1n) is 11.4. The van der Waals surface area contributed by atoms with Gasteiger partial charge in [-0.05, 0) is 24.6 Å². The maximum Gasteiger partial charge on any atom is 0.333 e. The van der Waals surface area contributed by atoms with E-state index in [0.717, 1.165) is 28.7 Å². The third-order valence-electron chi connectivity index (χ3n) is 5.00. The van der Waals surface area contributed by atoms with E-state index in [0.29, 0.717) is 45.2 Å². The summed E-state index contributed by atoms with van der Waals surface area (Å²) in [6.07, 6.45) is 0.855. The fraction of sp³-hybridized carbons (Fsp3) is 0.321. The second-order valence-corrected chi connectivity index (χ2v) is 7.68. The van der Waals surface area contributed by atoms with Crippen molar-refractivity contribution >= 4 is 16.7 Å². The lowest BCUT2D eigenvalue weighted by Crippen LogP contribution is -2.14. The molecular formula is C28H32O6. The largest absolute Gasteiger partial charge is 0.493 e. The molecule has 0 radical (unpaired) electrons. The van der Waals surface area contributed by atoms with Crippen LogP contribution in [0.15, 0.2) is 78.9 Å². The lowest BCUT2D eigenvalue weighted by Gasteiger charge is -2.14. The normalized spacial score (nSPS) is 10.7. The molecule has 3 aromatic carbocycles. The summed E-state index contributed by atoms with van der Waals surface area (Å²) in [5.41, 5.74) is 1.63. The molecule has 0 aliphatic heterocycles. The van der Waals surface area contributed by atoms with Crippen LogP contribution in [0.1, 0.15) is 12.5 Å². The van der Waals surface area contributed by atoms with Crippen molar-refractivity contribution < 1.29 is 28.5 Å². The van der Waals surface area contributed by atoms with Gasteiger partial charge in [0.2, 0.25) is 0 Å². The summed E-state index contributed by atoms with van der Waals surface area (Å²) in [5.74, 6) is 1.24. The van der Waals surface area contributed by atoms with E-state index in [9.17, 15) is 4.79 Å². The fourth-order valence-corrected chi connectivity index (χ4v) is 3.27. The Bertz CT molecular complexity index is 1050. The molecule has 0 saturated carbocycles. The van der Waals surface area contributed by atoms with Crippen molar-refractivity contribution in [2.45, 2.75) is 13.3 Å². The Labute approximate surface area is 201 Å². The zero-order chi connectivity index (χ0) is 24.0. The molecule has 180 valence electrons. The molecule has 0 atom stereocenters. The first-order chi connectivity index (χ1) is 16.6. The van der Waals surface area contributed by atoms with E-state index >= 15 is 0 Å². The molecule has 0 aromatic heterocycles. The van der Waals surface area contributed by atoms with E-state index < -0.39 is 5.97 Å². The predicted molar refractivity (Wildman–Crippen MR) is 132 cm³/mol. The topological polar surface area (TPSA) is 63.2 Å². The SMILES string of the molecule is C=C(C)C(=O)OCCOCCOCCOc1ccc(OCCc2ccccc2)c2ccccc12. The van der Waals surface area contributed by atoms with E-state index in [2.05, 4.69) is 18.7 Å². The van der Waals surface area contributed by atoms with Gasteiger partial charge in [0.05, 0.1) is 33.0 Å². The molecular weight excluding hydrogens is 432 g/mol. The van der Waals surface area contributed by atoms with Crippen LogP contribution < -0.4 is 9.47 Å². The summed E-state index contributed by atoms with van der Waals surface area (Å²) in [6, 6.07) is 22.3. The van der Waals surface area contributed by atoms with Crippen LogP contribution in [-0.4, -0.2) is 52.2 Å². The Morgan fingerprint density at radius 3 is 1.82 bits per heavy atom. The Kier molecular flexibility index (Phi) is 10.4. The number of hydrogen-bond donors (Lipinski definition) is 0. The highest BCUT2D eigenvalue weighted by Gasteiger charge is 2.08. The van der Waals surface area contributed by atoms with Gasteiger partial charge >= 0.3 is 5.97 Å². The van der Waals surface area contributed by atoms with Crippen molar-refractivity contribution in [2.24, 2.45) is 0 Å². The number of rotatable bonds is 15. The molecule has 0 unspecified atom stereocenters. The van der Waals surface area contributed by atoms with Crippen molar-refractivity contribution in [3.63, 3.8) is 0 Å². The highest BCUT2D eigenvalue weighted by atomic mass is 16.6. The standard InChI is InChI=1S/C28H32O6/c1-22(2)28(29)34-21-19-31-17-16-30-18-20-33-27-13-12-26(24-10-6-7-11-25(24)27)32-15-14-23-8-4-3-5-9-23/h3-13H,1,14-21H2,2H3. The lowest BCUT2D eigenvalue weighted by molar-refractivity contribution is -0.140. The van der Waals surface area contributed by atoms with Gasteiger partial charge in [-0.25, -0.2) is 4.79 Å². The molecule has 6 nitrogen and oxygen atoms in total. The minimum atomic E-state index is -0.406. The predicted octanol–water partition coefficient (Wildman–Crippen LogP) is 4.99. The van der Waals surface area contributed by atoms with Crippen LogP contribution in [0.5, 0.6) is 11.5 Å². The smallest absolute Gasteiger partial charge is 0.333 e. The van der Waals surface area contributed by atoms with E-state index in [-0.39, 0.29) is 6.61 Å². The van der Waals surface area contributed by atoms with Gasteiger partial charge in [-0.3, -0.25) is 0 Å². The maximum atomic E-state index is 11.2. The molecule has 0 heterocycles. The number of benzene rings is 3. The molecule has 6 heteroatoms. The molecule has 0 spiro atoms. The zero-order valence-electron chi connectivity index (χ0n) is 19.7. The van der Waals surface area contributed by atoms with E-state index in [1.54, 1.807) is 6.92 Å². The number of esters is 1. The fourth-order valence-electron chi connectivity index (χ4n) is 3.27. The molecule has 0 bridgehead atoms. The number of carbonyl (C=O) groups is 1. The third kappa shape index (κ3) is 8.21. The van der Waals surface area contributed by atoms with Gasteiger partial charge in [0.1, 0.15) is 24.7 Å². The second kappa shape index (κ2) is 14.0. The average molecular weight is 465 g/mol. The molecule has 3 aromatic rings. The van der Waals surface area contributed by atoms with Crippen LogP contribution in [0.3, 0.4) is 0 Å². The van der Waals surface area contributed by atoms with Crippen LogP contribution >= 0.6 is 0 Å². The molecule has 0 N–H and O–H groups in total. The molecule has 0 aliphatic carbocycles. The molecule has 34 heavy (non-hydrogen) atoms. The highest BCUT2D eigenvalue weighted by molar-refractivity contribution is 5.93. The summed E-state index contributed by atoms with van der Waals surface area (Å²) in [5, 5.41) is 2.03. The molecule has 0 amide bonds. The van der Waals surface area contributed by atoms with Crippen LogP contribution in [0.25, 0.3) is 10.8 Å². The van der Waals surface area contributed by atoms with E-state index in [1.807, 2.05) is 54.6 Å². The van der Waals surface area contributed by atoms with Crippen molar-refractivity contribution in [3.8, 4) is 11.5 Å². The van der Waals surface area contributed by atoms with Crippen LogP contribution in [0.4, 0.5) is 0 Å². The lowest BCUT2D eigenvalue weighted by atomic mass is 10.1. The van der Waals surface area contributed by atoms with Crippen molar-refractivity contribution in [1.29, 1.82) is 0 Å². The van der Waals surface area contributed by atoms with Gasteiger partial charge in [-0.1, -0.05) is 61.2 Å². The van der Waals surface area contributed by atoms with Gasteiger partial charge in [0.15, 0.2) is 0 Å². The minimum Gasteiger partial charge on any atom is -0.493 e. The summed E-state index contributed by atoms with van der Waals surface area (Å²) >= 11 is 0. The summed E-state index contributed by atoms with van der Waals surface area (Å²) in [6.45, 7) is 7.99. The Morgan fingerprint density at radius 2 is 1.21 bits per heavy atom. The Hall–Kier alpha value is -3.35. The van der Waals surface area contributed by atoms with Crippen LogP contribution in [0.2, 0.25) is 0 Å². The number of hydrogen-bond acceptors (Lipinski definition) is 6. The van der Waals surface area contributed by atoms with Crippen molar-refractivity contribution in [3.05, 3.63) is 84.4 Å². The molecule has 0 saturated heterocycles. The monoisotopic (exact) mass is 464 g/mol. The summed E-state index contributed by atoms with van der Waals surface area (Å²) in [4.78, 5) is 11.2. The summed E-state index contributed by atoms with van der Waals surface area (Å²) < 4.78 is 27.9. The average Bonchev–Trinajstić information content (AvgIpc) is 2.86.